The molecule has 3 aromatic rings. The summed E-state index contributed by atoms with van der Waals surface area (Å²) in [7, 11) is 0. The first-order valence-electron chi connectivity index (χ1n) is 13.3. The fraction of sp³-hybridized carbons (Fsp3) is 0.394. The fourth-order valence-electron chi connectivity index (χ4n) is 4.36. The first-order valence-corrected chi connectivity index (χ1v) is 14.1. The molecule has 202 valence electrons. The number of rotatable bonds is 9. The Hall–Kier alpha value is -2.92. The van der Waals surface area contributed by atoms with Gasteiger partial charge < -0.3 is 10.2 Å². The van der Waals surface area contributed by atoms with Crippen LogP contribution in [0.5, 0.6) is 0 Å². The van der Waals surface area contributed by atoms with Gasteiger partial charge in [0.15, 0.2) is 0 Å². The zero-order chi connectivity index (χ0) is 27.9. The number of carbonyl (C=O) groups is 2. The third-order valence-corrected chi connectivity index (χ3v) is 7.01. The molecule has 38 heavy (non-hydrogen) atoms. The average molecular weight is 578 g/mol. The molecule has 3 rings (SSSR count). The standard InChI is InChI=1S/C33H41BrN2O2/c1-32(2,3)27-17-12-24(13-18-27)16-21-30(37)36(23-26-14-19-28(34)20-15-26)29(31(38)35-33(4,5)6)22-25-10-8-7-9-11-25/h7-15,17-20,29H,16,21-23H2,1-6H3,(H,35,38)/t29-/m1/s1. The average Bonchev–Trinajstić information content (AvgIpc) is 2.85. The maximum absolute atomic E-state index is 13.9. The topological polar surface area (TPSA) is 49.4 Å². The lowest BCUT2D eigenvalue weighted by Crippen LogP contribution is -2.54. The summed E-state index contributed by atoms with van der Waals surface area (Å²) in [6, 6.07) is 25.7. The van der Waals surface area contributed by atoms with Crippen LogP contribution in [0.4, 0.5) is 0 Å². The molecule has 0 aliphatic carbocycles. The maximum Gasteiger partial charge on any atom is 0.243 e. The van der Waals surface area contributed by atoms with Crippen molar-refractivity contribution in [1.29, 1.82) is 0 Å². The normalized spacial score (nSPS) is 12.6. The van der Waals surface area contributed by atoms with Crippen LogP contribution in [0.3, 0.4) is 0 Å². The van der Waals surface area contributed by atoms with Crippen LogP contribution in [0.2, 0.25) is 0 Å². The minimum Gasteiger partial charge on any atom is -0.350 e. The predicted molar refractivity (Wildman–Crippen MR) is 160 cm³/mol. The Kier molecular flexibility index (Phi) is 9.94. The first kappa shape index (κ1) is 29.6. The number of hydrogen-bond acceptors (Lipinski definition) is 2. The lowest BCUT2D eigenvalue weighted by atomic mass is 9.86. The molecule has 0 aromatic heterocycles. The Bertz CT molecular complexity index is 1190. The van der Waals surface area contributed by atoms with Crippen molar-refractivity contribution in [3.05, 3.63) is 106 Å². The monoisotopic (exact) mass is 576 g/mol. The van der Waals surface area contributed by atoms with Crippen molar-refractivity contribution in [2.75, 3.05) is 0 Å². The van der Waals surface area contributed by atoms with Gasteiger partial charge in [-0.25, -0.2) is 0 Å². The molecular weight excluding hydrogens is 536 g/mol. The highest BCUT2D eigenvalue weighted by molar-refractivity contribution is 9.10. The van der Waals surface area contributed by atoms with Crippen molar-refractivity contribution in [2.24, 2.45) is 0 Å². The van der Waals surface area contributed by atoms with Crippen LogP contribution in [0, 0.1) is 0 Å². The second-order valence-electron chi connectivity index (χ2n) is 12.0. The van der Waals surface area contributed by atoms with Gasteiger partial charge in [0.25, 0.3) is 0 Å². The Morgan fingerprint density at radius 2 is 1.37 bits per heavy atom. The van der Waals surface area contributed by atoms with Crippen LogP contribution in [0.25, 0.3) is 0 Å². The molecule has 0 radical (unpaired) electrons. The summed E-state index contributed by atoms with van der Waals surface area (Å²) in [5, 5.41) is 3.12. The Labute approximate surface area is 237 Å². The Morgan fingerprint density at radius 3 is 1.92 bits per heavy atom. The third kappa shape index (κ3) is 9.13. The molecule has 0 spiro atoms. The molecule has 0 saturated carbocycles. The predicted octanol–water partition coefficient (Wildman–Crippen LogP) is 7.23. The van der Waals surface area contributed by atoms with Gasteiger partial charge in [-0.1, -0.05) is 103 Å². The van der Waals surface area contributed by atoms with E-state index in [-0.39, 0.29) is 17.2 Å². The zero-order valence-electron chi connectivity index (χ0n) is 23.6. The molecule has 4 nitrogen and oxygen atoms in total. The summed E-state index contributed by atoms with van der Waals surface area (Å²) < 4.78 is 0.976. The molecule has 3 aromatic carbocycles. The van der Waals surface area contributed by atoms with Crippen molar-refractivity contribution >= 4 is 27.7 Å². The number of amides is 2. The number of nitrogens with zero attached hydrogens (tertiary/aromatic N) is 1. The molecule has 0 aliphatic rings. The number of halogens is 1. The lowest BCUT2D eigenvalue weighted by Gasteiger charge is -2.34. The highest BCUT2D eigenvalue weighted by atomic mass is 79.9. The van der Waals surface area contributed by atoms with Gasteiger partial charge in [-0.3, -0.25) is 9.59 Å². The van der Waals surface area contributed by atoms with E-state index in [2.05, 4.69) is 66.3 Å². The summed E-state index contributed by atoms with van der Waals surface area (Å²) in [4.78, 5) is 29.3. The van der Waals surface area contributed by atoms with E-state index in [0.717, 1.165) is 21.2 Å². The third-order valence-electron chi connectivity index (χ3n) is 6.48. The van der Waals surface area contributed by atoms with E-state index in [1.165, 1.54) is 5.56 Å². The second kappa shape index (κ2) is 12.8. The Balaban J connectivity index is 1.89. The van der Waals surface area contributed by atoms with Crippen LogP contribution < -0.4 is 5.32 Å². The minimum absolute atomic E-state index is 0.0298. The van der Waals surface area contributed by atoms with Crippen LogP contribution in [0.15, 0.2) is 83.3 Å². The number of aryl methyl sites for hydroxylation is 1. The molecule has 2 amide bonds. The zero-order valence-corrected chi connectivity index (χ0v) is 25.1. The van der Waals surface area contributed by atoms with Gasteiger partial charge in [0.05, 0.1) is 0 Å². The number of carbonyl (C=O) groups excluding carboxylic acids is 2. The molecule has 0 heterocycles. The van der Waals surface area contributed by atoms with Gasteiger partial charge >= 0.3 is 0 Å². The fourth-order valence-corrected chi connectivity index (χ4v) is 4.62. The molecule has 0 saturated heterocycles. The van der Waals surface area contributed by atoms with Crippen molar-refractivity contribution in [3.63, 3.8) is 0 Å². The van der Waals surface area contributed by atoms with E-state index in [1.54, 1.807) is 4.90 Å². The molecule has 1 N–H and O–H groups in total. The second-order valence-corrected chi connectivity index (χ2v) is 13.0. The summed E-state index contributed by atoms with van der Waals surface area (Å²) in [5.41, 5.74) is 4.07. The van der Waals surface area contributed by atoms with E-state index >= 15 is 0 Å². The highest BCUT2D eigenvalue weighted by Crippen LogP contribution is 2.23. The van der Waals surface area contributed by atoms with E-state index in [9.17, 15) is 9.59 Å². The molecular formula is C33H41BrN2O2. The highest BCUT2D eigenvalue weighted by Gasteiger charge is 2.32. The number of benzene rings is 3. The van der Waals surface area contributed by atoms with E-state index < -0.39 is 11.6 Å². The lowest BCUT2D eigenvalue weighted by molar-refractivity contribution is -0.141. The van der Waals surface area contributed by atoms with Crippen LogP contribution in [-0.4, -0.2) is 28.3 Å². The summed E-state index contributed by atoms with van der Waals surface area (Å²) in [6.07, 6.45) is 1.41. The maximum atomic E-state index is 13.9. The minimum atomic E-state index is -0.629. The molecule has 0 bridgehead atoms. The molecule has 0 fully saturated rings. The van der Waals surface area contributed by atoms with E-state index in [1.807, 2.05) is 75.4 Å². The molecule has 1 atom stereocenters. The van der Waals surface area contributed by atoms with Crippen molar-refractivity contribution in [1.82, 2.24) is 10.2 Å². The van der Waals surface area contributed by atoms with Crippen molar-refractivity contribution < 1.29 is 9.59 Å². The summed E-state index contributed by atoms with van der Waals surface area (Å²) >= 11 is 3.49. The van der Waals surface area contributed by atoms with Gasteiger partial charge in [-0.15, -0.1) is 0 Å². The summed E-state index contributed by atoms with van der Waals surface area (Å²) in [6.45, 7) is 12.8. The van der Waals surface area contributed by atoms with Gasteiger partial charge in [0.2, 0.25) is 11.8 Å². The van der Waals surface area contributed by atoms with E-state index in [0.29, 0.717) is 25.8 Å². The van der Waals surface area contributed by atoms with Crippen LogP contribution >= 0.6 is 15.9 Å². The quantitative estimate of drug-likeness (QED) is 0.292. The Morgan fingerprint density at radius 1 is 0.789 bits per heavy atom. The van der Waals surface area contributed by atoms with Gasteiger partial charge in [-0.05, 0) is 67.0 Å². The first-order chi connectivity index (χ1) is 17.8. The SMILES string of the molecule is CC(C)(C)NC(=O)[C@@H](Cc1ccccc1)N(Cc1ccc(Br)cc1)C(=O)CCc1ccc(C(C)(C)C)cc1. The molecule has 0 aliphatic heterocycles. The smallest absolute Gasteiger partial charge is 0.243 e. The molecule has 5 heteroatoms. The van der Waals surface area contributed by atoms with Gasteiger partial charge in [0.1, 0.15) is 6.04 Å². The van der Waals surface area contributed by atoms with Crippen molar-refractivity contribution in [3.8, 4) is 0 Å². The van der Waals surface area contributed by atoms with Crippen molar-refractivity contribution in [2.45, 2.75) is 84.3 Å². The number of nitrogens with one attached hydrogen (secondary N) is 1. The number of hydrogen-bond donors (Lipinski definition) is 1. The van der Waals surface area contributed by atoms with E-state index in [4.69, 9.17) is 0 Å². The van der Waals surface area contributed by atoms with Gasteiger partial charge in [0, 0.05) is 29.4 Å². The van der Waals surface area contributed by atoms with Crippen LogP contribution in [-0.2, 0) is 34.4 Å². The van der Waals surface area contributed by atoms with Gasteiger partial charge in [-0.2, -0.15) is 0 Å². The summed E-state index contributed by atoms with van der Waals surface area (Å²) in [5.74, 6) is -0.167. The van der Waals surface area contributed by atoms with Crippen LogP contribution in [0.1, 0.15) is 70.2 Å². The molecule has 0 unspecified atom stereocenters. The largest absolute Gasteiger partial charge is 0.350 e.